The molecule has 0 amide bonds. The standard InChI is InChI=1S/C13H24O5/c1-9-11(6-5-7-14)18-13(16-4)10(2)12(9)17-8-15-3/h7,9-13H,5-6,8H2,1-4H3. The predicted octanol–water partition coefficient (Wildman–Crippen LogP) is 1.60. The van der Waals surface area contributed by atoms with E-state index >= 15 is 0 Å². The average Bonchev–Trinajstić information content (AvgIpc) is 2.38. The van der Waals surface area contributed by atoms with Crippen LogP contribution >= 0.6 is 0 Å². The summed E-state index contributed by atoms with van der Waals surface area (Å²) in [7, 11) is 3.23. The maximum atomic E-state index is 10.5. The van der Waals surface area contributed by atoms with Gasteiger partial charge in [-0.2, -0.15) is 0 Å². The van der Waals surface area contributed by atoms with E-state index in [1.807, 2.05) is 6.92 Å². The molecule has 0 N–H and O–H groups in total. The zero-order valence-corrected chi connectivity index (χ0v) is 11.6. The fraction of sp³-hybridized carbons (Fsp3) is 0.923. The van der Waals surface area contributed by atoms with Crippen molar-refractivity contribution in [2.45, 2.75) is 45.2 Å². The Morgan fingerprint density at radius 3 is 2.50 bits per heavy atom. The number of methoxy groups -OCH3 is 2. The van der Waals surface area contributed by atoms with Crippen LogP contribution in [0.25, 0.3) is 0 Å². The first-order chi connectivity index (χ1) is 8.65. The molecule has 0 aromatic rings. The van der Waals surface area contributed by atoms with Gasteiger partial charge in [-0.1, -0.05) is 13.8 Å². The minimum absolute atomic E-state index is 0.0142. The molecule has 0 aromatic heterocycles. The van der Waals surface area contributed by atoms with Gasteiger partial charge in [-0.3, -0.25) is 0 Å². The van der Waals surface area contributed by atoms with E-state index in [-0.39, 0.29) is 37.1 Å². The highest BCUT2D eigenvalue weighted by atomic mass is 16.7. The smallest absolute Gasteiger partial charge is 0.162 e. The van der Waals surface area contributed by atoms with Crippen molar-refractivity contribution in [3.8, 4) is 0 Å². The van der Waals surface area contributed by atoms with E-state index < -0.39 is 0 Å². The van der Waals surface area contributed by atoms with E-state index in [1.165, 1.54) is 0 Å². The Kier molecular flexibility index (Phi) is 6.78. The highest BCUT2D eigenvalue weighted by Gasteiger charge is 2.42. The first kappa shape index (κ1) is 15.6. The first-order valence-corrected chi connectivity index (χ1v) is 6.38. The van der Waals surface area contributed by atoms with Crippen LogP contribution in [0.2, 0.25) is 0 Å². The molecule has 0 aliphatic carbocycles. The van der Waals surface area contributed by atoms with E-state index in [4.69, 9.17) is 18.9 Å². The normalized spacial score (nSPS) is 36.6. The molecule has 0 saturated carbocycles. The summed E-state index contributed by atoms with van der Waals surface area (Å²) < 4.78 is 21.9. The van der Waals surface area contributed by atoms with Crippen LogP contribution in [0.4, 0.5) is 0 Å². The molecule has 106 valence electrons. The summed E-state index contributed by atoms with van der Waals surface area (Å²) in [6.45, 7) is 4.38. The third-order valence-corrected chi connectivity index (χ3v) is 3.54. The van der Waals surface area contributed by atoms with Gasteiger partial charge in [0.25, 0.3) is 0 Å². The Balaban J connectivity index is 2.68. The van der Waals surface area contributed by atoms with Crippen molar-refractivity contribution in [3.63, 3.8) is 0 Å². The van der Waals surface area contributed by atoms with E-state index in [0.717, 1.165) is 6.29 Å². The lowest BCUT2D eigenvalue weighted by molar-refractivity contribution is -0.271. The number of carbonyl (C=O) groups excluding carboxylic acids is 1. The molecule has 0 aromatic carbocycles. The Hall–Kier alpha value is -0.490. The Morgan fingerprint density at radius 2 is 1.94 bits per heavy atom. The third kappa shape index (κ3) is 3.75. The number of hydrogen-bond donors (Lipinski definition) is 0. The molecule has 0 radical (unpaired) electrons. The number of hydrogen-bond acceptors (Lipinski definition) is 5. The summed E-state index contributed by atoms with van der Waals surface area (Å²) >= 11 is 0. The molecule has 1 heterocycles. The predicted molar refractivity (Wildman–Crippen MR) is 66.0 cm³/mol. The molecule has 0 spiro atoms. The van der Waals surface area contributed by atoms with Crippen LogP contribution in [0.3, 0.4) is 0 Å². The molecule has 1 saturated heterocycles. The van der Waals surface area contributed by atoms with Gasteiger partial charge in [0.05, 0.1) is 12.2 Å². The summed E-state index contributed by atoms with van der Waals surface area (Å²) in [5.74, 6) is 0.342. The maximum Gasteiger partial charge on any atom is 0.162 e. The minimum atomic E-state index is -0.292. The van der Waals surface area contributed by atoms with Gasteiger partial charge in [0.2, 0.25) is 0 Å². The fourth-order valence-corrected chi connectivity index (χ4v) is 2.55. The second-order valence-corrected chi connectivity index (χ2v) is 4.78. The quantitative estimate of drug-likeness (QED) is 0.514. The highest BCUT2D eigenvalue weighted by Crippen LogP contribution is 2.34. The zero-order valence-electron chi connectivity index (χ0n) is 11.6. The van der Waals surface area contributed by atoms with Crippen LogP contribution in [0.5, 0.6) is 0 Å². The molecule has 5 atom stereocenters. The lowest BCUT2D eigenvalue weighted by atomic mass is 9.84. The average molecular weight is 260 g/mol. The molecule has 5 nitrogen and oxygen atoms in total. The summed E-state index contributed by atoms with van der Waals surface area (Å²) in [4.78, 5) is 10.5. The molecular weight excluding hydrogens is 236 g/mol. The Morgan fingerprint density at radius 1 is 1.22 bits per heavy atom. The first-order valence-electron chi connectivity index (χ1n) is 6.38. The monoisotopic (exact) mass is 260 g/mol. The maximum absolute atomic E-state index is 10.5. The van der Waals surface area contributed by atoms with Gasteiger partial charge in [-0.25, -0.2) is 0 Å². The molecule has 1 fully saturated rings. The van der Waals surface area contributed by atoms with E-state index in [1.54, 1.807) is 14.2 Å². The van der Waals surface area contributed by atoms with Crippen LogP contribution in [-0.2, 0) is 23.7 Å². The number of rotatable bonds is 7. The van der Waals surface area contributed by atoms with Crippen LogP contribution in [0.15, 0.2) is 0 Å². The number of ether oxygens (including phenoxy) is 4. The fourth-order valence-electron chi connectivity index (χ4n) is 2.55. The number of aldehydes is 1. The summed E-state index contributed by atoms with van der Waals surface area (Å²) in [6.07, 6.45) is 1.82. The second-order valence-electron chi connectivity index (χ2n) is 4.78. The molecule has 5 unspecified atom stereocenters. The molecule has 18 heavy (non-hydrogen) atoms. The highest BCUT2D eigenvalue weighted by molar-refractivity contribution is 5.49. The van der Waals surface area contributed by atoms with E-state index in [9.17, 15) is 4.79 Å². The van der Waals surface area contributed by atoms with Crippen molar-refractivity contribution in [1.29, 1.82) is 0 Å². The topological polar surface area (TPSA) is 54.0 Å². The van der Waals surface area contributed by atoms with Crippen LogP contribution in [-0.4, -0.2) is 45.8 Å². The molecule has 1 aliphatic heterocycles. The van der Waals surface area contributed by atoms with Gasteiger partial charge in [-0.15, -0.1) is 0 Å². The van der Waals surface area contributed by atoms with Gasteiger partial charge in [0, 0.05) is 32.5 Å². The van der Waals surface area contributed by atoms with Gasteiger partial charge in [0.1, 0.15) is 13.1 Å². The Labute approximate surface area is 109 Å². The lowest BCUT2D eigenvalue weighted by Gasteiger charge is -2.43. The van der Waals surface area contributed by atoms with Crippen molar-refractivity contribution < 1.29 is 23.7 Å². The van der Waals surface area contributed by atoms with E-state index in [0.29, 0.717) is 12.8 Å². The van der Waals surface area contributed by atoms with Crippen molar-refractivity contribution in [2.75, 3.05) is 21.0 Å². The van der Waals surface area contributed by atoms with Crippen molar-refractivity contribution >= 4 is 6.29 Å². The van der Waals surface area contributed by atoms with Gasteiger partial charge in [-0.05, 0) is 6.42 Å². The van der Waals surface area contributed by atoms with Gasteiger partial charge < -0.3 is 23.7 Å². The molecule has 5 heteroatoms. The van der Waals surface area contributed by atoms with Crippen LogP contribution in [0, 0.1) is 11.8 Å². The van der Waals surface area contributed by atoms with Crippen molar-refractivity contribution in [2.24, 2.45) is 11.8 Å². The summed E-state index contributed by atoms with van der Waals surface area (Å²) in [5.41, 5.74) is 0. The lowest BCUT2D eigenvalue weighted by Crippen LogP contribution is -2.50. The van der Waals surface area contributed by atoms with Crippen molar-refractivity contribution in [3.05, 3.63) is 0 Å². The summed E-state index contributed by atoms with van der Waals surface area (Å²) in [5, 5.41) is 0. The molecular formula is C13H24O5. The SMILES string of the molecule is COCOC1C(C)C(CCC=O)OC(OC)C1C. The molecule has 1 aliphatic rings. The number of carbonyl (C=O) groups is 1. The molecule has 0 bridgehead atoms. The third-order valence-electron chi connectivity index (χ3n) is 3.54. The second kappa shape index (κ2) is 7.84. The van der Waals surface area contributed by atoms with Gasteiger partial charge >= 0.3 is 0 Å². The van der Waals surface area contributed by atoms with Crippen molar-refractivity contribution in [1.82, 2.24) is 0 Å². The van der Waals surface area contributed by atoms with E-state index in [2.05, 4.69) is 6.92 Å². The minimum Gasteiger partial charge on any atom is -0.359 e. The van der Waals surface area contributed by atoms with Gasteiger partial charge in [0.15, 0.2) is 6.29 Å². The van der Waals surface area contributed by atoms with Crippen LogP contribution < -0.4 is 0 Å². The summed E-state index contributed by atoms with van der Waals surface area (Å²) in [6, 6.07) is 0. The van der Waals surface area contributed by atoms with Crippen LogP contribution in [0.1, 0.15) is 26.7 Å². The zero-order chi connectivity index (χ0) is 13.5. The Bertz CT molecular complexity index is 246. The molecule has 1 rings (SSSR count). The largest absolute Gasteiger partial charge is 0.359 e.